The van der Waals surface area contributed by atoms with Crippen LogP contribution in [0.1, 0.15) is 12.8 Å². The Hall–Kier alpha value is -3.72. The van der Waals surface area contributed by atoms with Gasteiger partial charge in [-0.25, -0.2) is 9.67 Å². The zero-order valence-electron chi connectivity index (χ0n) is 19.8. The lowest BCUT2D eigenvalue weighted by molar-refractivity contribution is 0.0135. The molecular weight excluding hydrogens is 490 g/mol. The molecule has 3 aromatic heterocycles. The van der Waals surface area contributed by atoms with E-state index in [0.29, 0.717) is 34.5 Å². The number of halogens is 1. The Morgan fingerprint density at radius 3 is 2.51 bits per heavy atom. The Bertz CT molecular complexity index is 1550. The number of aliphatic hydroxyl groups is 1. The van der Waals surface area contributed by atoms with Crippen LogP contribution >= 0.6 is 11.6 Å². The van der Waals surface area contributed by atoms with Crippen LogP contribution in [0.4, 0.5) is 0 Å². The van der Waals surface area contributed by atoms with Gasteiger partial charge in [-0.05, 0) is 48.2 Å². The first kappa shape index (κ1) is 22.5. The van der Waals surface area contributed by atoms with Crippen LogP contribution in [-0.4, -0.2) is 54.8 Å². The van der Waals surface area contributed by atoms with Gasteiger partial charge in [0.05, 0.1) is 40.7 Å². The van der Waals surface area contributed by atoms with E-state index in [4.69, 9.17) is 26.1 Å². The average Bonchev–Trinajstić information content (AvgIpc) is 3.71. The lowest BCUT2D eigenvalue weighted by Crippen LogP contribution is -2.30. The predicted molar refractivity (Wildman–Crippen MR) is 140 cm³/mol. The lowest BCUT2D eigenvalue weighted by atomic mass is 10.0. The van der Waals surface area contributed by atoms with Crippen molar-refractivity contribution in [2.45, 2.75) is 31.2 Å². The van der Waals surface area contributed by atoms with Gasteiger partial charge in [0.1, 0.15) is 6.10 Å². The molecule has 1 unspecified atom stereocenters. The molecule has 2 N–H and O–H groups in total. The second-order valence-electron chi connectivity index (χ2n) is 9.57. The maximum atomic E-state index is 10.1. The average molecular weight is 514 g/mol. The standard InChI is InChI=1S/C28H24ClN5O3/c29-21-14-22-27(33-28(31-22)37-24-11-10-20-23(35)15-36-26(20)24)32-25(21)18-4-2-16(3-5-18)17-6-8-19(9-7-17)34-13-1-12-30-34/h1-9,12-14,20,23-24,26,35H,10-11,15H2,(H,31,32,33)/t20-,23-,24?,26+/m1/s1. The zero-order chi connectivity index (χ0) is 24.9. The Labute approximate surface area is 217 Å². The number of aromatic nitrogens is 5. The first-order chi connectivity index (χ1) is 18.1. The maximum absolute atomic E-state index is 10.1. The van der Waals surface area contributed by atoms with E-state index in [9.17, 15) is 5.11 Å². The molecule has 7 rings (SSSR count). The van der Waals surface area contributed by atoms with Gasteiger partial charge in [-0.1, -0.05) is 48.0 Å². The Kier molecular flexibility index (Phi) is 5.46. The van der Waals surface area contributed by atoms with Gasteiger partial charge in [0, 0.05) is 23.9 Å². The summed E-state index contributed by atoms with van der Waals surface area (Å²) in [6.07, 6.45) is 4.74. The number of rotatable bonds is 5. The molecule has 186 valence electrons. The Morgan fingerprint density at radius 1 is 1.00 bits per heavy atom. The highest BCUT2D eigenvalue weighted by molar-refractivity contribution is 6.33. The van der Waals surface area contributed by atoms with Crippen LogP contribution in [0, 0.1) is 5.92 Å². The second kappa shape index (κ2) is 8.99. The number of aliphatic hydroxyl groups excluding tert-OH is 1. The summed E-state index contributed by atoms with van der Waals surface area (Å²) in [6.45, 7) is 0.366. The SMILES string of the molecule is O[C@@H]1CO[C@@H]2C(Oc3nc4nc(-c5ccc(-c6ccc(-n7cccn7)cc6)cc5)c(Cl)cc4[nH]3)CC[C@H]12. The predicted octanol–water partition coefficient (Wildman–Crippen LogP) is 5.05. The summed E-state index contributed by atoms with van der Waals surface area (Å²) in [5.41, 5.74) is 6.03. The number of nitrogens with zero attached hydrogens (tertiary/aromatic N) is 4. The fourth-order valence-electron chi connectivity index (χ4n) is 5.41. The smallest absolute Gasteiger partial charge is 0.296 e. The van der Waals surface area contributed by atoms with Gasteiger partial charge in [-0.15, -0.1) is 0 Å². The van der Waals surface area contributed by atoms with Crippen LogP contribution in [0.3, 0.4) is 0 Å². The monoisotopic (exact) mass is 513 g/mol. The van der Waals surface area contributed by atoms with E-state index in [0.717, 1.165) is 35.2 Å². The van der Waals surface area contributed by atoms with Crippen LogP contribution in [0.5, 0.6) is 6.01 Å². The molecule has 0 bridgehead atoms. The van der Waals surface area contributed by atoms with Gasteiger partial charge < -0.3 is 19.6 Å². The highest BCUT2D eigenvalue weighted by Gasteiger charge is 2.47. The highest BCUT2D eigenvalue weighted by atomic mass is 35.5. The van der Waals surface area contributed by atoms with Crippen LogP contribution in [-0.2, 0) is 4.74 Å². The lowest BCUT2D eigenvalue weighted by Gasteiger charge is -2.17. The van der Waals surface area contributed by atoms with E-state index in [1.165, 1.54) is 0 Å². The van der Waals surface area contributed by atoms with E-state index in [-0.39, 0.29) is 18.1 Å². The third-order valence-electron chi connectivity index (χ3n) is 7.32. The number of hydrogen-bond donors (Lipinski definition) is 2. The van der Waals surface area contributed by atoms with E-state index >= 15 is 0 Å². The van der Waals surface area contributed by atoms with Crippen molar-refractivity contribution in [3.05, 3.63) is 78.1 Å². The molecule has 5 aromatic rings. The molecule has 0 radical (unpaired) electrons. The topological polar surface area (TPSA) is 98.1 Å². The number of benzene rings is 2. The summed E-state index contributed by atoms with van der Waals surface area (Å²) < 4.78 is 13.7. The zero-order valence-corrected chi connectivity index (χ0v) is 20.5. The minimum absolute atomic E-state index is 0.101. The van der Waals surface area contributed by atoms with Gasteiger partial charge in [0.25, 0.3) is 6.01 Å². The third-order valence-corrected chi connectivity index (χ3v) is 7.61. The molecule has 1 saturated heterocycles. The summed E-state index contributed by atoms with van der Waals surface area (Å²) in [5.74, 6) is 0.130. The number of nitrogens with one attached hydrogen (secondary N) is 1. The molecular formula is C28H24ClN5O3. The van der Waals surface area contributed by atoms with Crippen LogP contribution in [0.25, 0.3) is 39.2 Å². The van der Waals surface area contributed by atoms with Gasteiger partial charge in [-0.2, -0.15) is 10.1 Å². The fraction of sp³-hybridized carbons (Fsp3) is 0.250. The van der Waals surface area contributed by atoms with E-state index < -0.39 is 6.10 Å². The molecule has 1 aliphatic carbocycles. The van der Waals surface area contributed by atoms with Crippen molar-refractivity contribution in [2.24, 2.45) is 5.92 Å². The number of pyridine rings is 1. The number of hydrogen-bond acceptors (Lipinski definition) is 6. The quantitative estimate of drug-likeness (QED) is 0.341. The highest BCUT2D eigenvalue weighted by Crippen LogP contribution is 2.38. The number of imidazole rings is 1. The van der Waals surface area contributed by atoms with Gasteiger partial charge in [0.2, 0.25) is 0 Å². The summed E-state index contributed by atoms with van der Waals surface area (Å²) >= 11 is 6.62. The van der Waals surface area contributed by atoms with Crippen molar-refractivity contribution in [2.75, 3.05) is 6.61 Å². The van der Waals surface area contributed by atoms with Crippen LogP contribution in [0.2, 0.25) is 5.02 Å². The Balaban J connectivity index is 1.11. The van der Waals surface area contributed by atoms with Gasteiger partial charge >= 0.3 is 0 Å². The number of fused-ring (bicyclic) bond motifs is 2. The number of H-pyrrole nitrogens is 1. The first-order valence-corrected chi connectivity index (χ1v) is 12.7. The van der Waals surface area contributed by atoms with Gasteiger partial charge in [0.15, 0.2) is 5.65 Å². The van der Waals surface area contributed by atoms with E-state index in [1.54, 1.807) is 6.20 Å². The van der Waals surface area contributed by atoms with E-state index in [1.807, 2.05) is 47.3 Å². The minimum atomic E-state index is -0.412. The number of aromatic amines is 1. The van der Waals surface area contributed by atoms with Crippen LogP contribution in [0.15, 0.2) is 73.1 Å². The third kappa shape index (κ3) is 4.07. The molecule has 1 aliphatic heterocycles. The minimum Gasteiger partial charge on any atom is -0.459 e. The second-order valence-corrected chi connectivity index (χ2v) is 9.98. The molecule has 2 aliphatic rings. The molecule has 8 nitrogen and oxygen atoms in total. The molecule has 4 atom stereocenters. The normalized spacial score (nSPS) is 23.0. The van der Waals surface area contributed by atoms with Crippen molar-refractivity contribution in [3.8, 4) is 34.1 Å². The van der Waals surface area contributed by atoms with Crippen molar-refractivity contribution in [1.29, 1.82) is 0 Å². The molecule has 1 saturated carbocycles. The molecule has 0 spiro atoms. The van der Waals surface area contributed by atoms with Gasteiger partial charge in [-0.3, -0.25) is 0 Å². The van der Waals surface area contributed by atoms with Crippen LogP contribution < -0.4 is 4.74 Å². The van der Waals surface area contributed by atoms with Crippen molar-refractivity contribution >= 4 is 22.8 Å². The largest absolute Gasteiger partial charge is 0.459 e. The summed E-state index contributed by atoms with van der Waals surface area (Å²) in [5, 5.41) is 14.9. The molecule has 2 fully saturated rings. The number of ether oxygens (including phenoxy) is 2. The van der Waals surface area contributed by atoms with E-state index in [2.05, 4.69) is 39.3 Å². The van der Waals surface area contributed by atoms with Crippen molar-refractivity contribution < 1.29 is 14.6 Å². The summed E-state index contributed by atoms with van der Waals surface area (Å²) in [6, 6.07) is 20.5. The molecule has 4 heterocycles. The summed E-state index contributed by atoms with van der Waals surface area (Å²) in [7, 11) is 0. The first-order valence-electron chi connectivity index (χ1n) is 12.4. The molecule has 2 aromatic carbocycles. The van der Waals surface area contributed by atoms with Crippen molar-refractivity contribution in [1.82, 2.24) is 24.7 Å². The molecule has 9 heteroatoms. The molecule has 0 amide bonds. The fourth-order valence-corrected chi connectivity index (χ4v) is 5.67. The summed E-state index contributed by atoms with van der Waals surface area (Å²) in [4.78, 5) is 12.5. The maximum Gasteiger partial charge on any atom is 0.296 e. The van der Waals surface area contributed by atoms with Crippen molar-refractivity contribution in [3.63, 3.8) is 0 Å². The molecule has 37 heavy (non-hydrogen) atoms. The Morgan fingerprint density at radius 2 is 1.76 bits per heavy atom.